The second-order valence-corrected chi connectivity index (χ2v) is 3.41. The van der Waals surface area contributed by atoms with Crippen molar-refractivity contribution in [3.05, 3.63) is 29.3 Å². The molecule has 14 heavy (non-hydrogen) atoms. The first-order valence-corrected chi connectivity index (χ1v) is 5.17. The lowest BCUT2D eigenvalue weighted by molar-refractivity contribution is 0.197. The molecule has 0 aromatic heterocycles. The number of benzene rings is 1. The first-order chi connectivity index (χ1) is 6.72. The van der Waals surface area contributed by atoms with Gasteiger partial charge in [0.2, 0.25) is 0 Å². The number of methoxy groups -OCH3 is 1. The van der Waals surface area contributed by atoms with Crippen LogP contribution in [0.2, 0.25) is 0 Å². The number of alkyl halides is 1. The first-order valence-electron chi connectivity index (χ1n) is 4.63. The average molecular weight is 215 g/mol. The van der Waals surface area contributed by atoms with Crippen molar-refractivity contribution in [1.82, 2.24) is 0 Å². The lowest BCUT2D eigenvalue weighted by atomic mass is 10.0. The Kier molecular flexibility index (Phi) is 4.23. The molecule has 0 bridgehead atoms. The van der Waals surface area contributed by atoms with E-state index in [2.05, 4.69) is 6.92 Å². The molecule has 0 amide bonds. The lowest BCUT2D eigenvalue weighted by Crippen LogP contribution is -2.02. The monoisotopic (exact) mass is 214 g/mol. The van der Waals surface area contributed by atoms with Crippen molar-refractivity contribution < 1.29 is 9.84 Å². The quantitative estimate of drug-likeness (QED) is 0.781. The number of hydrogen-bond donors (Lipinski definition) is 1. The molecule has 0 aliphatic rings. The molecule has 2 nitrogen and oxygen atoms in total. The zero-order chi connectivity index (χ0) is 10.6. The Morgan fingerprint density at radius 3 is 2.71 bits per heavy atom. The van der Waals surface area contributed by atoms with Crippen molar-refractivity contribution in [3.8, 4) is 5.75 Å². The fourth-order valence-electron chi connectivity index (χ4n) is 1.35. The van der Waals surface area contributed by atoms with Crippen LogP contribution in [-0.4, -0.2) is 18.1 Å². The number of ether oxygens (including phenoxy) is 1. The largest absolute Gasteiger partial charge is 0.496 e. The Bertz CT molecular complexity index is 299. The summed E-state index contributed by atoms with van der Waals surface area (Å²) in [5, 5.41) is 9.65. The SMILES string of the molecule is CCc1ccc(OC)c(C(O)CCl)c1. The Morgan fingerprint density at radius 1 is 1.50 bits per heavy atom. The van der Waals surface area contributed by atoms with Gasteiger partial charge in [0, 0.05) is 5.56 Å². The van der Waals surface area contributed by atoms with Crippen molar-refractivity contribution in [2.75, 3.05) is 13.0 Å². The predicted molar refractivity (Wildman–Crippen MR) is 58.1 cm³/mol. The molecule has 1 unspecified atom stereocenters. The average Bonchev–Trinajstić information content (AvgIpc) is 2.27. The summed E-state index contributed by atoms with van der Waals surface area (Å²) < 4.78 is 5.15. The zero-order valence-corrected chi connectivity index (χ0v) is 9.21. The van der Waals surface area contributed by atoms with Gasteiger partial charge < -0.3 is 9.84 Å². The molecule has 1 aromatic carbocycles. The van der Waals surface area contributed by atoms with Gasteiger partial charge >= 0.3 is 0 Å². The molecule has 0 aliphatic carbocycles. The van der Waals surface area contributed by atoms with E-state index < -0.39 is 6.10 Å². The van der Waals surface area contributed by atoms with E-state index in [4.69, 9.17) is 16.3 Å². The first kappa shape index (κ1) is 11.3. The van der Waals surface area contributed by atoms with Crippen LogP contribution in [0.25, 0.3) is 0 Å². The molecule has 0 fully saturated rings. The highest BCUT2D eigenvalue weighted by atomic mass is 35.5. The third-order valence-corrected chi connectivity index (χ3v) is 2.50. The Balaban J connectivity index is 3.08. The van der Waals surface area contributed by atoms with Gasteiger partial charge in [0.1, 0.15) is 5.75 Å². The van der Waals surface area contributed by atoms with Crippen LogP contribution < -0.4 is 4.74 Å². The molecule has 0 saturated carbocycles. The van der Waals surface area contributed by atoms with Gasteiger partial charge in [0.05, 0.1) is 19.1 Å². The van der Waals surface area contributed by atoms with E-state index >= 15 is 0 Å². The lowest BCUT2D eigenvalue weighted by Gasteiger charge is -2.13. The summed E-state index contributed by atoms with van der Waals surface area (Å²) in [6.07, 6.45) is 0.282. The predicted octanol–water partition coefficient (Wildman–Crippen LogP) is 2.53. The molecule has 0 spiro atoms. The van der Waals surface area contributed by atoms with Crippen LogP contribution in [0.3, 0.4) is 0 Å². The summed E-state index contributed by atoms with van der Waals surface area (Å²) >= 11 is 5.61. The maximum atomic E-state index is 9.65. The number of hydrogen-bond acceptors (Lipinski definition) is 2. The minimum absolute atomic E-state index is 0.184. The zero-order valence-electron chi connectivity index (χ0n) is 8.46. The standard InChI is InChI=1S/C11H15ClO2/c1-3-8-4-5-11(14-2)9(6-8)10(13)7-12/h4-6,10,13H,3,7H2,1-2H3. The van der Waals surface area contributed by atoms with E-state index in [-0.39, 0.29) is 5.88 Å². The summed E-state index contributed by atoms with van der Waals surface area (Å²) in [7, 11) is 1.59. The van der Waals surface area contributed by atoms with Crippen LogP contribution >= 0.6 is 11.6 Å². The van der Waals surface area contributed by atoms with Gasteiger partial charge in [-0.1, -0.05) is 13.0 Å². The van der Waals surface area contributed by atoms with Crippen molar-refractivity contribution >= 4 is 11.6 Å². The van der Waals surface area contributed by atoms with Crippen LogP contribution in [0.5, 0.6) is 5.75 Å². The van der Waals surface area contributed by atoms with Crippen molar-refractivity contribution in [3.63, 3.8) is 0 Å². The van der Waals surface area contributed by atoms with E-state index in [1.165, 1.54) is 5.56 Å². The highest BCUT2D eigenvalue weighted by Gasteiger charge is 2.12. The van der Waals surface area contributed by atoms with Gasteiger partial charge in [0.15, 0.2) is 0 Å². The van der Waals surface area contributed by atoms with Crippen molar-refractivity contribution in [2.45, 2.75) is 19.4 Å². The second kappa shape index (κ2) is 5.23. The van der Waals surface area contributed by atoms with E-state index in [1.807, 2.05) is 18.2 Å². The number of rotatable bonds is 4. The molecule has 0 radical (unpaired) electrons. The minimum Gasteiger partial charge on any atom is -0.496 e. The van der Waals surface area contributed by atoms with E-state index in [1.54, 1.807) is 7.11 Å². The number of aliphatic hydroxyl groups excluding tert-OH is 1. The normalized spacial score (nSPS) is 12.6. The minimum atomic E-state index is -0.655. The summed E-state index contributed by atoms with van der Waals surface area (Å²) in [6, 6.07) is 5.79. The number of aryl methyl sites for hydroxylation is 1. The van der Waals surface area contributed by atoms with Crippen LogP contribution in [0.1, 0.15) is 24.2 Å². The molecule has 0 heterocycles. The molecule has 1 rings (SSSR count). The van der Waals surface area contributed by atoms with Crippen LogP contribution in [-0.2, 0) is 6.42 Å². The number of halogens is 1. The molecule has 0 aliphatic heterocycles. The second-order valence-electron chi connectivity index (χ2n) is 3.10. The van der Waals surface area contributed by atoms with Crippen molar-refractivity contribution in [2.24, 2.45) is 0 Å². The van der Waals surface area contributed by atoms with E-state index in [0.717, 1.165) is 12.0 Å². The van der Waals surface area contributed by atoms with Gasteiger partial charge in [-0.15, -0.1) is 11.6 Å². The number of aliphatic hydroxyl groups is 1. The van der Waals surface area contributed by atoms with Crippen LogP contribution in [0.15, 0.2) is 18.2 Å². The van der Waals surface area contributed by atoms with E-state index in [0.29, 0.717) is 5.75 Å². The Hall–Kier alpha value is -0.730. The fraction of sp³-hybridized carbons (Fsp3) is 0.455. The van der Waals surface area contributed by atoms with Crippen LogP contribution in [0, 0.1) is 0 Å². The Morgan fingerprint density at radius 2 is 2.21 bits per heavy atom. The molecule has 1 N–H and O–H groups in total. The van der Waals surface area contributed by atoms with Gasteiger partial charge in [-0.2, -0.15) is 0 Å². The summed E-state index contributed by atoms with van der Waals surface area (Å²) in [5.74, 6) is 0.874. The van der Waals surface area contributed by atoms with Gasteiger partial charge in [-0.05, 0) is 24.1 Å². The summed E-state index contributed by atoms with van der Waals surface area (Å²) in [4.78, 5) is 0. The van der Waals surface area contributed by atoms with Gasteiger partial charge in [-0.25, -0.2) is 0 Å². The van der Waals surface area contributed by atoms with E-state index in [9.17, 15) is 5.11 Å². The summed E-state index contributed by atoms with van der Waals surface area (Å²) in [6.45, 7) is 2.07. The maximum absolute atomic E-state index is 9.65. The highest BCUT2D eigenvalue weighted by molar-refractivity contribution is 6.18. The third kappa shape index (κ3) is 2.40. The smallest absolute Gasteiger partial charge is 0.124 e. The molecule has 1 atom stereocenters. The molecule has 0 saturated heterocycles. The topological polar surface area (TPSA) is 29.5 Å². The third-order valence-electron chi connectivity index (χ3n) is 2.21. The van der Waals surface area contributed by atoms with Gasteiger partial charge in [-0.3, -0.25) is 0 Å². The fourth-order valence-corrected chi connectivity index (χ4v) is 1.51. The summed E-state index contributed by atoms with van der Waals surface area (Å²) in [5.41, 5.74) is 1.94. The maximum Gasteiger partial charge on any atom is 0.124 e. The molecular weight excluding hydrogens is 200 g/mol. The van der Waals surface area contributed by atoms with Gasteiger partial charge in [0.25, 0.3) is 0 Å². The van der Waals surface area contributed by atoms with Crippen molar-refractivity contribution in [1.29, 1.82) is 0 Å². The molecule has 3 heteroatoms. The van der Waals surface area contributed by atoms with Crippen LogP contribution in [0.4, 0.5) is 0 Å². The molecule has 1 aromatic rings. The Labute approximate surface area is 89.5 Å². The highest BCUT2D eigenvalue weighted by Crippen LogP contribution is 2.27. The molecular formula is C11H15ClO2. The molecule has 78 valence electrons.